The van der Waals surface area contributed by atoms with Crippen LogP contribution in [0.4, 0.5) is 9.93 Å². The summed E-state index contributed by atoms with van der Waals surface area (Å²) in [6.07, 6.45) is 2.03. The van der Waals surface area contributed by atoms with Crippen molar-refractivity contribution in [2.75, 3.05) is 25.0 Å². The molecule has 3 rings (SSSR count). The molecule has 2 aromatic rings. The molecule has 1 aliphatic heterocycles. The maximum atomic E-state index is 11.7. The van der Waals surface area contributed by atoms with E-state index in [-0.39, 0.29) is 12.6 Å². The smallest absolute Gasteiger partial charge is 0.321 e. The van der Waals surface area contributed by atoms with Gasteiger partial charge in [-0.2, -0.15) is 0 Å². The van der Waals surface area contributed by atoms with E-state index in [1.54, 1.807) is 11.6 Å². The fourth-order valence-corrected chi connectivity index (χ4v) is 3.23. The van der Waals surface area contributed by atoms with Crippen LogP contribution in [0.25, 0.3) is 0 Å². The summed E-state index contributed by atoms with van der Waals surface area (Å²) >= 11 is 1.35. The van der Waals surface area contributed by atoms with Gasteiger partial charge in [0.15, 0.2) is 5.13 Å². The second-order valence-electron chi connectivity index (χ2n) is 5.58. The fraction of sp³-hybridized carbons (Fsp3) is 0.375. The third-order valence-electron chi connectivity index (χ3n) is 3.83. The molecule has 1 aromatic carbocycles. The summed E-state index contributed by atoms with van der Waals surface area (Å²) in [5.74, 6) is 0. The molecule has 0 fully saturated rings. The normalized spacial score (nSPS) is 15.7. The van der Waals surface area contributed by atoms with Crippen molar-refractivity contribution < 1.29 is 9.90 Å². The van der Waals surface area contributed by atoms with Crippen LogP contribution in [0.5, 0.6) is 0 Å². The van der Waals surface area contributed by atoms with E-state index in [4.69, 9.17) is 0 Å². The van der Waals surface area contributed by atoms with Crippen molar-refractivity contribution in [1.82, 2.24) is 15.2 Å². The molecule has 0 unspecified atom stereocenters. The molecule has 0 saturated carbocycles. The average molecular weight is 332 g/mol. The number of benzene rings is 1. The lowest BCUT2D eigenvalue weighted by molar-refractivity contribution is 0.106. The molecule has 2 heterocycles. The zero-order chi connectivity index (χ0) is 16.1. The molecule has 6 nitrogen and oxygen atoms in total. The third-order valence-corrected chi connectivity index (χ3v) is 4.52. The molecule has 122 valence electrons. The minimum Gasteiger partial charge on any atom is -0.390 e. The summed E-state index contributed by atoms with van der Waals surface area (Å²) in [5, 5.41) is 17.8. The molecular formula is C16H20N4O2S. The highest BCUT2D eigenvalue weighted by Gasteiger charge is 2.18. The Balaban J connectivity index is 1.41. The number of hydrogen-bond acceptors (Lipinski definition) is 5. The van der Waals surface area contributed by atoms with Crippen molar-refractivity contribution in [2.45, 2.75) is 19.1 Å². The van der Waals surface area contributed by atoms with Crippen LogP contribution >= 0.6 is 11.3 Å². The van der Waals surface area contributed by atoms with Crippen molar-refractivity contribution in [3.63, 3.8) is 0 Å². The molecule has 2 amide bonds. The van der Waals surface area contributed by atoms with Crippen molar-refractivity contribution in [3.05, 3.63) is 47.0 Å². The molecular weight excluding hydrogens is 312 g/mol. The Morgan fingerprint density at radius 3 is 3.00 bits per heavy atom. The number of anilines is 1. The summed E-state index contributed by atoms with van der Waals surface area (Å²) in [4.78, 5) is 17.9. The maximum absolute atomic E-state index is 11.7. The Bertz CT molecular complexity index is 647. The number of carbonyl (C=O) groups is 1. The molecule has 0 aliphatic carbocycles. The monoisotopic (exact) mass is 332 g/mol. The van der Waals surface area contributed by atoms with Crippen molar-refractivity contribution in [2.24, 2.45) is 0 Å². The number of urea groups is 1. The van der Waals surface area contributed by atoms with Gasteiger partial charge in [0, 0.05) is 37.8 Å². The first-order chi connectivity index (χ1) is 11.2. The first-order valence-electron chi connectivity index (χ1n) is 7.62. The Morgan fingerprint density at radius 1 is 1.39 bits per heavy atom. The summed E-state index contributed by atoms with van der Waals surface area (Å²) in [6.45, 7) is 2.54. The lowest BCUT2D eigenvalue weighted by atomic mass is 10.00. The first kappa shape index (κ1) is 15.9. The van der Waals surface area contributed by atoms with E-state index >= 15 is 0 Å². The van der Waals surface area contributed by atoms with Crippen LogP contribution in [0.1, 0.15) is 11.1 Å². The van der Waals surface area contributed by atoms with Gasteiger partial charge in [-0.25, -0.2) is 9.78 Å². The molecule has 0 bridgehead atoms. The van der Waals surface area contributed by atoms with Crippen LogP contribution in [0, 0.1) is 0 Å². The topological polar surface area (TPSA) is 77.5 Å². The van der Waals surface area contributed by atoms with Gasteiger partial charge < -0.3 is 10.4 Å². The highest BCUT2D eigenvalue weighted by molar-refractivity contribution is 7.13. The van der Waals surface area contributed by atoms with E-state index in [1.165, 1.54) is 22.5 Å². The van der Waals surface area contributed by atoms with Crippen LogP contribution in [0.2, 0.25) is 0 Å². The average Bonchev–Trinajstić information content (AvgIpc) is 3.06. The Labute approximate surface area is 139 Å². The van der Waals surface area contributed by atoms with E-state index < -0.39 is 6.10 Å². The zero-order valence-corrected chi connectivity index (χ0v) is 13.6. The summed E-state index contributed by atoms with van der Waals surface area (Å²) in [5.41, 5.74) is 2.71. The predicted octanol–water partition coefficient (Wildman–Crippen LogP) is 1.68. The molecule has 0 spiro atoms. The number of aliphatic hydroxyl groups is 1. The second-order valence-corrected chi connectivity index (χ2v) is 6.47. The van der Waals surface area contributed by atoms with Crippen molar-refractivity contribution >= 4 is 22.5 Å². The van der Waals surface area contributed by atoms with Crippen molar-refractivity contribution in [3.8, 4) is 0 Å². The van der Waals surface area contributed by atoms with Gasteiger partial charge in [-0.15, -0.1) is 11.3 Å². The number of thiazole rings is 1. The Hall–Kier alpha value is -1.96. The molecule has 23 heavy (non-hydrogen) atoms. The SMILES string of the molecule is O=C(NC[C@H](O)CN1CCc2ccccc2C1)Nc1nccs1. The van der Waals surface area contributed by atoms with Gasteiger partial charge in [0.05, 0.1) is 6.10 Å². The number of fused-ring (bicyclic) bond motifs is 1. The highest BCUT2D eigenvalue weighted by Crippen LogP contribution is 2.18. The molecule has 1 atom stereocenters. The highest BCUT2D eigenvalue weighted by atomic mass is 32.1. The lowest BCUT2D eigenvalue weighted by Gasteiger charge is -2.30. The van der Waals surface area contributed by atoms with Crippen LogP contribution in [0.15, 0.2) is 35.8 Å². The number of nitrogens with zero attached hydrogens (tertiary/aromatic N) is 2. The third kappa shape index (κ3) is 4.51. The lowest BCUT2D eigenvalue weighted by Crippen LogP contribution is -2.42. The number of nitrogens with one attached hydrogen (secondary N) is 2. The predicted molar refractivity (Wildman–Crippen MR) is 90.6 cm³/mol. The number of hydrogen-bond donors (Lipinski definition) is 3. The molecule has 1 aromatic heterocycles. The van der Waals surface area contributed by atoms with Crippen LogP contribution in [-0.4, -0.2) is 46.8 Å². The zero-order valence-electron chi connectivity index (χ0n) is 12.7. The summed E-state index contributed by atoms with van der Waals surface area (Å²) in [7, 11) is 0. The molecule has 7 heteroatoms. The number of amides is 2. The van der Waals surface area contributed by atoms with Gasteiger partial charge in [-0.05, 0) is 17.5 Å². The molecule has 0 saturated heterocycles. The Kier molecular flexibility index (Phi) is 5.22. The van der Waals surface area contributed by atoms with Gasteiger partial charge >= 0.3 is 6.03 Å². The van der Waals surface area contributed by atoms with Crippen LogP contribution < -0.4 is 10.6 Å². The number of β-amino-alcohol motifs (C(OH)–C–C–N with tert-alkyl or cyclic N) is 1. The van der Waals surface area contributed by atoms with Crippen LogP contribution in [-0.2, 0) is 13.0 Å². The largest absolute Gasteiger partial charge is 0.390 e. The van der Waals surface area contributed by atoms with Gasteiger partial charge in [0.1, 0.15) is 0 Å². The second kappa shape index (κ2) is 7.54. The number of carbonyl (C=O) groups excluding carboxylic acids is 1. The van der Waals surface area contributed by atoms with E-state index in [1.807, 2.05) is 6.07 Å². The van der Waals surface area contributed by atoms with Gasteiger partial charge in [-0.1, -0.05) is 24.3 Å². The molecule has 1 aliphatic rings. The fourth-order valence-electron chi connectivity index (χ4n) is 2.71. The number of rotatable bonds is 5. The van der Waals surface area contributed by atoms with Crippen LogP contribution in [0.3, 0.4) is 0 Å². The maximum Gasteiger partial charge on any atom is 0.321 e. The number of aromatic nitrogens is 1. The van der Waals surface area contributed by atoms with E-state index in [2.05, 4.69) is 38.7 Å². The molecule has 3 N–H and O–H groups in total. The first-order valence-corrected chi connectivity index (χ1v) is 8.50. The van der Waals surface area contributed by atoms with Gasteiger partial charge in [0.2, 0.25) is 0 Å². The van der Waals surface area contributed by atoms with Gasteiger partial charge in [0.25, 0.3) is 0 Å². The van der Waals surface area contributed by atoms with E-state index in [9.17, 15) is 9.90 Å². The Morgan fingerprint density at radius 2 is 2.22 bits per heavy atom. The minimum atomic E-state index is -0.595. The van der Waals surface area contributed by atoms with E-state index in [0.717, 1.165) is 19.5 Å². The minimum absolute atomic E-state index is 0.218. The standard InChI is InChI=1S/C16H20N4O2S/c21-14(9-18-15(22)19-16-17-6-8-23-16)11-20-7-5-12-3-1-2-4-13(12)10-20/h1-4,6,8,14,21H,5,7,9-11H2,(H2,17,18,19,22)/t14-/m0/s1. The van der Waals surface area contributed by atoms with E-state index in [0.29, 0.717) is 11.7 Å². The quantitative estimate of drug-likeness (QED) is 0.778. The molecule has 0 radical (unpaired) electrons. The summed E-state index contributed by atoms with van der Waals surface area (Å²) < 4.78 is 0. The number of aliphatic hydroxyl groups excluding tert-OH is 1. The van der Waals surface area contributed by atoms with Crippen molar-refractivity contribution in [1.29, 1.82) is 0 Å². The van der Waals surface area contributed by atoms with Gasteiger partial charge in [-0.3, -0.25) is 10.2 Å². The summed E-state index contributed by atoms with van der Waals surface area (Å²) in [6, 6.07) is 8.06.